The number of benzene rings is 3. The molecule has 1 saturated heterocycles. The molecule has 0 spiro atoms. The second-order valence-corrected chi connectivity index (χ2v) is 19.5. The Labute approximate surface area is 422 Å². The molecule has 0 saturated carbocycles. The number of nitriles is 1. The van der Waals surface area contributed by atoms with E-state index in [2.05, 4.69) is 59.1 Å². The lowest BCUT2D eigenvalue weighted by Crippen LogP contribution is -2.56. The fraction of sp³-hybridized carbons (Fsp3) is 0.472. The molecular weight excluding hydrogens is 917 g/mol. The van der Waals surface area contributed by atoms with Gasteiger partial charge in [0.1, 0.15) is 55.4 Å². The standard InChI is InChI=1S/C53H70N12O7/c1-31-45(32(2)60-47(59-31)35-9-12-38(13-10-35)65-24-17-37(18-25-65)53(4,5)6)50(68)62-41(16-19-54)52(70)64(7)46-36-11-15-44(72-27-22-57)40(30-36)39-28-34(8-14-43(39)71-26-21-56)29-42(49(67)58-23-20-55)63-48(66)33(3)61-51(46)69/h8-15,28,30,33,37,41-42,46H,16-19,21-27,29,54,56-57H2,1-7H3,(H,58,67)(H,61,69)(H,62,68)(H,63,66)/t33-,41?,42-,46-/m0/s1. The lowest BCUT2D eigenvalue weighted by molar-refractivity contribution is -0.141. The molecule has 0 radical (unpaired) electrons. The van der Waals surface area contributed by atoms with Crippen LogP contribution in [-0.2, 0) is 25.6 Å². The number of nitrogens with one attached hydrogen (secondary N) is 4. The van der Waals surface area contributed by atoms with Gasteiger partial charge in [0, 0.05) is 62.0 Å². The Hall–Kier alpha value is -7.14. The van der Waals surface area contributed by atoms with E-state index in [1.54, 1.807) is 50.2 Å². The highest BCUT2D eigenvalue weighted by molar-refractivity contribution is 6.00. The van der Waals surface area contributed by atoms with Crippen molar-refractivity contribution < 1.29 is 33.4 Å². The summed E-state index contributed by atoms with van der Waals surface area (Å²) in [4.78, 5) is 84.0. The number of aryl methyl sites for hydroxylation is 2. The van der Waals surface area contributed by atoms with Crippen molar-refractivity contribution >= 4 is 35.2 Å². The lowest BCUT2D eigenvalue weighted by Gasteiger charge is -2.39. The Bertz CT molecular complexity index is 2620. The summed E-state index contributed by atoms with van der Waals surface area (Å²) in [6.07, 6.45) is 2.28. The Kier molecular flexibility index (Phi) is 18.3. The van der Waals surface area contributed by atoms with Gasteiger partial charge >= 0.3 is 0 Å². The topological polar surface area (TPSA) is 286 Å². The predicted octanol–water partition coefficient (Wildman–Crippen LogP) is 3.20. The predicted molar refractivity (Wildman–Crippen MR) is 275 cm³/mol. The second-order valence-electron chi connectivity index (χ2n) is 19.5. The van der Waals surface area contributed by atoms with E-state index in [4.69, 9.17) is 36.6 Å². The van der Waals surface area contributed by atoms with Crippen molar-refractivity contribution in [2.75, 3.05) is 64.4 Å². The van der Waals surface area contributed by atoms with E-state index in [9.17, 15) is 29.2 Å². The molecule has 1 aromatic heterocycles. The molecule has 0 aliphatic carbocycles. The Morgan fingerprint density at radius 2 is 1.49 bits per heavy atom. The molecule has 3 aromatic carbocycles. The van der Waals surface area contributed by atoms with Crippen LogP contribution in [0.5, 0.6) is 11.5 Å². The van der Waals surface area contributed by atoms with Crippen molar-refractivity contribution in [2.24, 2.45) is 28.5 Å². The van der Waals surface area contributed by atoms with Crippen LogP contribution in [0, 0.1) is 36.5 Å². The number of ether oxygens (including phenoxy) is 2. The molecule has 19 nitrogen and oxygen atoms in total. The van der Waals surface area contributed by atoms with Crippen LogP contribution >= 0.6 is 0 Å². The summed E-state index contributed by atoms with van der Waals surface area (Å²) >= 11 is 0. The van der Waals surface area contributed by atoms with Crippen molar-refractivity contribution in [1.29, 1.82) is 5.26 Å². The van der Waals surface area contributed by atoms with E-state index >= 15 is 0 Å². The number of piperidine rings is 1. The quantitative estimate of drug-likeness (QED) is 0.0795. The SMILES string of the molecule is Cc1nc(-c2ccc(N3CCC(C(C)(C)C)CC3)cc2)nc(C)c1C(=O)NC(CCN)C(=O)N(C)[C@@H]1C(=O)N[C@@H](C)C(=O)N[C@H](C(=O)NCC#N)Cc2ccc(OCCN)c(c2)-c2cc1ccc2OCCN. The maximum Gasteiger partial charge on any atom is 0.255 e. The zero-order chi connectivity index (χ0) is 52.3. The maximum atomic E-state index is 14.8. The number of anilines is 1. The van der Waals surface area contributed by atoms with Gasteiger partial charge in [0.05, 0.1) is 23.0 Å². The van der Waals surface area contributed by atoms with Crippen LogP contribution in [0.2, 0.25) is 0 Å². The molecule has 6 rings (SSSR count). The summed E-state index contributed by atoms with van der Waals surface area (Å²) in [6, 6.07) is 15.2. The summed E-state index contributed by atoms with van der Waals surface area (Å²) in [5.41, 5.74) is 22.9. The highest BCUT2D eigenvalue weighted by atomic mass is 16.5. The summed E-state index contributed by atoms with van der Waals surface area (Å²) < 4.78 is 12.2. The van der Waals surface area contributed by atoms with Crippen LogP contribution in [0.3, 0.4) is 0 Å². The zero-order valence-corrected chi connectivity index (χ0v) is 42.5. The van der Waals surface area contributed by atoms with Gasteiger partial charge in [-0.05, 0) is 118 Å². The normalized spacial score (nSPS) is 17.8. The van der Waals surface area contributed by atoms with Crippen molar-refractivity contribution in [1.82, 2.24) is 36.1 Å². The molecule has 3 heterocycles. The van der Waals surface area contributed by atoms with Gasteiger partial charge in [0.25, 0.3) is 5.91 Å². The average Bonchev–Trinajstić information content (AvgIpc) is 3.35. The van der Waals surface area contributed by atoms with Crippen LogP contribution in [-0.4, -0.2) is 122 Å². The molecule has 5 amide bonds. The van der Waals surface area contributed by atoms with E-state index in [0.29, 0.717) is 56.9 Å². The smallest absolute Gasteiger partial charge is 0.255 e. The van der Waals surface area contributed by atoms with Gasteiger partial charge in [-0.1, -0.05) is 32.9 Å². The van der Waals surface area contributed by atoms with E-state index in [1.165, 1.54) is 18.9 Å². The number of likely N-dealkylation sites (N-methyl/N-ethyl adjacent to an activating group) is 1. The number of aromatic nitrogens is 2. The van der Waals surface area contributed by atoms with Gasteiger partial charge in [-0.3, -0.25) is 24.0 Å². The van der Waals surface area contributed by atoms with Gasteiger partial charge in [-0.25, -0.2) is 9.97 Å². The van der Waals surface area contributed by atoms with Gasteiger partial charge in [-0.2, -0.15) is 5.26 Å². The molecule has 1 fully saturated rings. The third kappa shape index (κ3) is 13.0. The van der Waals surface area contributed by atoms with Gasteiger partial charge in [-0.15, -0.1) is 0 Å². The van der Waals surface area contributed by atoms with E-state index < -0.39 is 53.7 Å². The Morgan fingerprint density at radius 3 is 2.07 bits per heavy atom. The molecule has 4 aromatic rings. The second kappa shape index (κ2) is 24.3. The number of nitrogens with two attached hydrogens (primary N) is 3. The van der Waals surface area contributed by atoms with Gasteiger partial charge in [0.15, 0.2) is 5.82 Å². The molecule has 1 unspecified atom stereocenters. The van der Waals surface area contributed by atoms with Crippen LogP contribution in [0.25, 0.3) is 22.5 Å². The highest BCUT2D eigenvalue weighted by Crippen LogP contribution is 2.41. The van der Waals surface area contributed by atoms with Gasteiger partial charge < -0.3 is 57.7 Å². The number of rotatable bonds is 16. The summed E-state index contributed by atoms with van der Waals surface area (Å²) in [7, 11) is 1.42. The molecule has 2 aliphatic heterocycles. The van der Waals surface area contributed by atoms with E-state index in [0.717, 1.165) is 37.2 Å². The van der Waals surface area contributed by atoms with Crippen molar-refractivity contribution in [3.8, 4) is 40.1 Å². The Morgan fingerprint density at radius 1 is 0.875 bits per heavy atom. The van der Waals surface area contributed by atoms with Crippen LogP contribution in [0.15, 0.2) is 60.7 Å². The van der Waals surface area contributed by atoms with Crippen molar-refractivity contribution in [3.63, 3.8) is 0 Å². The Balaban J connectivity index is 1.32. The number of carbonyl (C=O) groups excluding carboxylic acids is 5. The zero-order valence-electron chi connectivity index (χ0n) is 42.5. The third-order valence-electron chi connectivity index (χ3n) is 13.3. The van der Waals surface area contributed by atoms with Crippen LogP contribution < -0.4 is 52.8 Å². The number of hydrogen-bond donors (Lipinski definition) is 7. The van der Waals surface area contributed by atoms with E-state index in [1.807, 2.05) is 18.2 Å². The van der Waals surface area contributed by atoms with Crippen LogP contribution in [0.1, 0.15) is 85.9 Å². The first-order valence-electron chi connectivity index (χ1n) is 24.6. The molecular formula is C53H70N12O7. The number of hydrogen-bond acceptors (Lipinski definition) is 14. The first-order valence-corrected chi connectivity index (χ1v) is 24.6. The summed E-state index contributed by atoms with van der Waals surface area (Å²) in [5.74, 6) is -1.42. The largest absolute Gasteiger partial charge is 0.492 e. The third-order valence-corrected chi connectivity index (χ3v) is 13.3. The minimum absolute atomic E-state index is 0.000327. The molecule has 2 aliphatic rings. The highest BCUT2D eigenvalue weighted by Gasteiger charge is 2.37. The fourth-order valence-electron chi connectivity index (χ4n) is 9.36. The number of carbonyl (C=O) groups is 5. The summed E-state index contributed by atoms with van der Waals surface area (Å²) in [6.45, 7) is 14.1. The molecule has 4 bridgehead atoms. The fourth-order valence-corrected chi connectivity index (χ4v) is 9.36. The van der Waals surface area contributed by atoms with Crippen molar-refractivity contribution in [3.05, 3.63) is 88.7 Å². The minimum atomic E-state index is -1.41. The number of amides is 5. The monoisotopic (exact) mass is 987 g/mol. The lowest BCUT2D eigenvalue weighted by atomic mass is 9.75. The first kappa shape index (κ1) is 54.2. The number of fused-ring (bicyclic) bond motifs is 5. The summed E-state index contributed by atoms with van der Waals surface area (Å²) in [5, 5.41) is 20.0. The van der Waals surface area contributed by atoms with E-state index in [-0.39, 0.29) is 63.2 Å². The molecule has 4 atom stereocenters. The molecule has 72 heavy (non-hydrogen) atoms. The molecule has 19 heteroatoms. The van der Waals surface area contributed by atoms with Crippen molar-refractivity contribution in [2.45, 2.75) is 91.4 Å². The first-order chi connectivity index (χ1) is 34.4. The minimum Gasteiger partial charge on any atom is -0.492 e. The number of nitrogens with zero attached hydrogens (tertiary/aromatic N) is 5. The van der Waals surface area contributed by atoms with Crippen LogP contribution in [0.4, 0.5) is 5.69 Å². The molecule has 10 N–H and O–H groups in total. The maximum absolute atomic E-state index is 14.8. The van der Waals surface area contributed by atoms with Gasteiger partial charge in [0.2, 0.25) is 23.6 Å². The average molecular weight is 987 g/mol. The molecule has 384 valence electrons.